The van der Waals surface area contributed by atoms with Gasteiger partial charge in [0.1, 0.15) is 0 Å². The second-order valence-electron chi connectivity index (χ2n) is 3.86. The van der Waals surface area contributed by atoms with E-state index in [1.165, 1.54) is 5.56 Å². The highest BCUT2D eigenvalue weighted by atomic mass is 16.5. The van der Waals surface area contributed by atoms with Gasteiger partial charge in [0, 0.05) is 12.5 Å². The van der Waals surface area contributed by atoms with Crippen LogP contribution in [0.2, 0.25) is 0 Å². The predicted molar refractivity (Wildman–Crippen MR) is 67.1 cm³/mol. The summed E-state index contributed by atoms with van der Waals surface area (Å²) in [6.07, 6.45) is 1.05. The molecule has 0 aromatic heterocycles. The molecule has 2 unspecified atom stereocenters. The van der Waals surface area contributed by atoms with Gasteiger partial charge < -0.3 is 4.74 Å². The molecular formula is C13H22N2O. The predicted octanol–water partition coefficient (Wildman–Crippen LogP) is 2.05. The SMILES string of the molecule is CCOCC(NN)C(CC)c1ccccc1. The van der Waals surface area contributed by atoms with E-state index in [1.807, 2.05) is 13.0 Å². The van der Waals surface area contributed by atoms with E-state index in [1.54, 1.807) is 0 Å². The van der Waals surface area contributed by atoms with Crippen molar-refractivity contribution in [1.82, 2.24) is 5.43 Å². The Morgan fingerprint density at radius 3 is 2.44 bits per heavy atom. The number of ether oxygens (including phenoxy) is 1. The van der Waals surface area contributed by atoms with Gasteiger partial charge in [-0.05, 0) is 18.9 Å². The van der Waals surface area contributed by atoms with Gasteiger partial charge in [0.25, 0.3) is 0 Å². The molecule has 0 fully saturated rings. The highest BCUT2D eigenvalue weighted by Gasteiger charge is 2.20. The number of hydrogen-bond donors (Lipinski definition) is 2. The Morgan fingerprint density at radius 1 is 1.25 bits per heavy atom. The van der Waals surface area contributed by atoms with E-state index >= 15 is 0 Å². The molecule has 90 valence electrons. The van der Waals surface area contributed by atoms with Crippen LogP contribution in [-0.2, 0) is 4.74 Å². The van der Waals surface area contributed by atoms with Crippen LogP contribution in [-0.4, -0.2) is 19.3 Å². The fourth-order valence-electron chi connectivity index (χ4n) is 1.98. The number of nitrogens with one attached hydrogen (secondary N) is 1. The molecule has 3 heteroatoms. The zero-order valence-electron chi connectivity index (χ0n) is 10.1. The van der Waals surface area contributed by atoms with E-state index in [-0.39, 0.29) is 6.04 Å². The lowest BCUT2D eigenvalue weighted by molar-refractivity contribution is 0.113. The largest absolute Gasteiger partial charge is 0.380 e. The summed E-state index contributed by atoms with van der Waals surface area (Å²) in [5.74, 6) is 6.00. The van der Waals surface area contributed by atoms with E-state index in [0.29, 0.717) is 12.5 Å². The minimum atomic E-state index is 0.173. The molecule has 0 spiro atoms. The maximum Gasteiger partial charge on any atom is 0.0638 e. The molecule has 0 aliphatic rings. The first-order valence-electron chi connectivity index (χ1n) is 5.92. The van der Waals surface area contributed by atoms with Crippen LogP contribution in [0.3, 0.4) is 0 Å². The Hall–Kier alpha value is -0.900. The van der Waals surface area contributed by atoms with Crippen LogP contribution in [0.15, 0.2) is 30.3 Å². The first-order chi connectivity index (χ1) is 7.83. The van der Waals surface area contributed by atoms with Gasteiger partial charge in [0.05, 0.1) is 12.6 Å². The molecule has 0 aliphatic heterocycles. The molecule has 3 nitrogen and oxygen atoms in total. The maximum absolute atomic E-state index is 5.60. The molecule has 0 saturated carbocycles. The minimum absolute atomic E-state index is 0.173. The number of benzene rings is 1. The minimum Gasteiger partial charge on any atom is -0.380 e. The van der Waals surface area contributed by atoms with Crippen molar-refractivity contribution < 1.29 is 4.74 Å². The van der Waals surface area contributed by atoms with E-state index in [0.717, 1.165) is 13.0 Å². The zero-order valence-corrected chi connectivity index (χ0v) is 10.1. The van der Waals surface area contributed by atoms with Crippen LogP contribution in [0.5, 0.6) is 0 Å². The van der Waals surface area contributed by atoms with Crippen LogP contribution in [0.25, 0.3) is 0 Å². The number of nitrogens with two attached hydrogens (primary N) is 1. The maximum atomic E-state index is 5.60. The van der Waals surface area contributed by atoms with Gasteiger partial charge in [-0.1, -0.05) is 37.3 Å². The summed E-state index contributed by atoms with van der Waals surface area (Å²) in [7, 11) is 0. The van der Waals surface area contributed by atoms with Crippen molar-refractivity contribution in [2.75, 3.05) is 13.2 Å². The number of hydrazine groups is 1. The third-order valence-electron chi connectivity index (χ3n) is 2.87. The average Bonchev–Trinajstić information content (AvgIpc) is 2.35. The highest BCUT2D eigenvalue weighted by molar-refractivity contribution is 5.21. The Labute approximate surface area is 98.0 Å². The Bertz CT molecular complexity index is 277. The molecule has 0 aliphatic carbocycles. The topological polar surface area (TPSA) is 47.3 Å². The molecule has 0 heterocycles. The first-order valence-corrected chi connectivity index (χ1v) is 5.92. The second kappa shape index (κ2) is 7.39. The van der Waals surface area contributed by atoms with E-state index < -0.39 is 0 Å². The van der Waals surface area contributed by atoms with Gasteiger partial charge in [-0.3, -0.25) is 11.3 Å². The summed E-state index contributed by atoms with van der Waals surface area (Å²) in [4.78, 5) is 0. The van der Waals surface area contributed by atoms with Crippen molar-refractivity contribution in [1.29, 1.82) is 0 Å². The van der Waals surface area contributed by atoms with Crippen LogP contribution in [0.4, 0.5) is 0 Å². The summed E-state index contributed by atoms with van der Waals surface area (Å²) in [6, 6.07) is 10.6. The van der Waals surface area contributed by atoms with Crippen LogP contribution in [0.1, 0.15) is 31.7 Å². The Balaban J connectivity index is 2.71. The molecule has 2 atom stereocenters. The van der Waals surface area contributed by atoms with Crippen molar-refractivity contribution in [3.8, 4) is 0 Å². The number of rotatable bonds is 7. The van der Waals surface area contributed by atoms with Crippen molar-refractivity contribution in [3.63, 3.8) is 0 Å². The van der Waals surface area contributed by atoms with E-state index in [4.69, 9.17) is 10.6 Å². The second-order valence-corrected chi connectivity index (χ2v) is 3.86. The molecule has 3 N–H and O–H groups in total. The van der Waals surface area contributed by atoms with Gasteiger partial charge in [-0.15, -0.1) is 0 Å². The molecule has 1 aromatic rings. The summed E-state index contributed by atoms with van der Waals surface area (Å²) in [5.41, 5.74) is 4.17. The van der Waals surface area contributed by atoms with Crippen LogP contribution in [0, 0.1) is 0 Å². The summed E-state index contributed by atoms with van der Waals surface area (Å²) >= 11 is 0. The number of hydrogen-bond acceptors (Lipinski definition) is 3. The molecule has 1 aromatic carbocycles. The van der Waals surface area contributed by atoms with Crippen molar-refractivity contribution in [2.45, 2.75) is 32.2 Å². The van der Waals surface area contributed by atoms with Crippen molar-refractivity contribution in [3.05, 3.63) is 35.9 Å². The monoisotopic (exact) mass is 222 g/mol. The van der Waals surface area contributed by atoms with Gasteiger partial charge in [-0.2, -0.15) is 0 Å². The first kappa shape index (κ1) is 13.2. The smallest absolute Gasteiger partial charge is 0.0638 e. The summed E-state index contributed by atoms with van der Waals surface area (Å²) in [6.45, 7) is 5.55. The van der Waals surface area contributed by atoms with Crippen LogP contribution >= 0.6 is 0 Å². The molecule has 0 saturated heterocycles. The Kier molecular flexibility index (Phi) is 6.08. The third-order valence-corrected chi connectivity index (χ3v) is 2.87. The summed E-state index contributed by atoms with van der Waals surface area (Å²) in [5, 5.41) is 0. The highest BCUT2D eigenvalue weighted by Crippen LogP contribution is 2.23. The van der Waals surface area contributed by atoms with Gasteiger partial charge in [0.15, 0.2) is 0 Å². The quantitative estimate of drug-likeness (QED) is 0.548. The third kappa shape index (κ3) is 3.59. The molecule has 1 rings (SSSR count). The van der Waals surface area contributed by atoms with E-state index in [2.05, 4.69) is 36.6 Å². The lowest BCUT2D eigenvalue weighted by Crippen LogP contribution is -2.43. The zero-order chi connectivity index (χ0) is 11.8. The fraction of sp³-hybridized carbons (Fsp3) is 0.538. The fourth-order valence-corrected chi connectivity index (χ4v) is 1.98. The molecule has 0 amide bonds. The normalized spacial score (nSPS) is 14.7. The van der Waals surface area contributed by atoms with Crippen molar-refractivity contribution in [2.24, 2.45) is 5.84 Å². The molecular weight excluding hydrogens is 200 g/mol. The standard InChI is InChI=1S/C13H22N2O/c1-3-12(11-8-6-5-7-9-11)13(15-14)10-16-4-2/h5-9,12-13,15H,3-4,10,14H2,1-2H3. The van der Waals surface area contributed by atoms with Crippen molar-refractivity contribution >= 4 is 0 Å². The molecule has 16 heavy (non-hydrogen) atoms. The van der Waals surface area contributed by atoms with Gasteiger partial charge in [0.2, 0.25) is 0 Å². The molecule has 0 radical (unpaired) electrons. The van der Waals surface area contributed by atoms with Gasteiger partial charge in [-0.25, -0.2) is 0 Å². The summed E-state index contributed by atoms with van der Waals surface area (Å²) < 4.78 is 5.45. The van der Waals surface area contributed by atoms with Crippen LogP contribution < -0.4 is 11.3 Å². The van der Waals surface area contributed by atoms with E-state index in [9.17, 15) is 0 Å². The lowest BCUT2D eigenvalue weighted by atomic mass is 9.90. The lowest BCUT2D eigenvalue weighted by Gasteiger charge is -2.25. The average molecular weight is 222 g/mol. The Morgan fingerprint density at radius 2 is 1.94 bits per heavy atom. The van der Waals surface area contributed by atoms with Gasteiger partial charge >= 0.3 is 0 Å². The molecule has 0 bridgehead atoms.